The van der Waals surface area contributed by atoms with Gasteiger partial charge in [-0.3, -0.25) is 20.4 Å². The zero-order chi connectivity index (χ0) is 22.0. The molecule has 2 amide bonds. The van der Waals surface area contributed by atoms with E-state index < -0.39 is 29.5 Å². The number of benzene rings is 2. The van der Waals surface area contributed by atoms with Gasteiger partial charge in [0.05, 0.1) is 30.0 Å². The lowest BCUT2D eigenvalue weighted by molar-refractivity contribution is -0.126. The summed E-state index contributed by atoms with van der Waals surface area (Å²) in [5.74, 6) is -3.25. The molecular weight excluding hydrogens is 418 g/mol. The van der Waals surface area contributed by atoms with E-state index in [1.54, 1.807) is 13.8 Å². The Hall–Kier alpha value is -3.20. The van der Waals surface area contributed by atoms with Crippen molar-refractivity contribution in [3.8, 4) is 5.75 Å². The summed E-state index contributed by atoms with van der Waals surface area (Å²) in [4.78, 5) is 29.3. The van der Waals surface area contributed by atoms with E-state index in [1.165, 1.54) is 36.2 Å². The first-order chi connectivity index (χ1) is 14.2. The maximum Gasteiger partial charge on any atom is 0.273 e. The molecule has 0 aliphatic heterocycles. The van der Waals surface area contributed by atoms with Gasteiger partial charge in [-0.15, -0.1) is 0 Å². The Balaban J connectivity index is 1.82. The third-order valence-corrected chi connectivity index (χ3v) is 4.76. The second kappa shape index (κ2) is 8.66. The van der Waals surface area contributed by atoms with Crippen LogP contribution >= 0.6 is 11.6 Å². The van der Waals surface area contributed by atoms with Gasteiger partial charge in [0, 0.05) is 17.2 Å². The Morgan fingerprint density at radius 1 is 1.13 bits per heavy atom. The molecule has 0 fully saturated rings. The van der Waals surface area contributed by atoms with Gasteiger partial charge in [-0.25, -0.2) is 13.8 Å². The molecule has 1 atom stereocenters. The normalized spacial score (nSPS) is 12.1. The molecular formula is C20H19ClF2N4O3. The molecule has 2 aromatic carbocycles. The highest BCUT2D eigenvalue weighted by atomic mass is 35.5. The monoisotopic (exact) mass is 436 g/mol. The summed E-state index contributed by atoms with van der Waals surface area (Å²) in [5.41, 5.74) is 5.34. The van der Waals surface area contributed by atoms with Crippen LogP contribution in [-0.4, -0.2) is 28.5 Å². The van der Waals surface area contributed by atoms with Crippen molar-refractivity contribution in [3.63, 3.8) is 0 Å². The number of fused-ring (bicyclic) bond motifs is 1. The van der Waals surface area contributed by atoms with Gasteiger partial charge in [0.2, 0.25) is 0 Å². The number of hydrogen-bond acceptors (Lipinski definition) is 4. The fraction of sp³-hybridized carbons (Fsp3) is 0.250. The molecule has 0 aliphatic carbocycles. The number of hydrogen-bond donors (Lipinski definition) is 2. The highest BCUT2D eigenvalue weighted by Gasteiger charge is 2.27. The van der Waals surface area contributed by atoms with Crippen LogP contribution in [0.15, 0.2) is 36.7 Å². The number of halogens is 3. The van der Waals surface area contributed by atoms with Crippen LogP contribution in [-0.2, 0) is 4.79 Å². The Kier molecular flexibility index (Phi) is 6.21. The van der Waals surface area contributed by atoms with Crippen LogP contribution in [0, 0.1) is 17.6 Å². The molecule has 158 valence electrons. The minimum Gasteiger partial charge on any atom is -0.496 e. The van der Waals surface area contributed by atoms with Crippen LogP contribution in [0.4, 0.5) is 8.78 Å². The first-order valence-electron chi connectivity index (χ1n) is 8.98. The Morgan fingerprint density at radius 3 is 2.50 bits per heavy atom. The van der Waals surface area contributed by atoms with Gasteiger partial charge in [-0.1, -0.05) is 25.4 Å². The van der Waals surface area contributed by atoms with Gasteiger partial charge in [-0.2, -0.15) is 0 Å². The number of carbonyl (C=O) groups excluding carboxylic acids is 2. The van der Waals surface area contributed by atoms with E-state index in [-0.39, 0.29) is 28.3 Å². The predicted octanol–water partition coefficient (Wildman–Crippen LogP) is 3.63. The molecule has 0 saturated carbocycles. The Labute approximate surface area is 176 Å². The molecule has 10 heteroatoms. The van der Waals surface area contributed by atoms with Crippen molar-refractivity contribution in [1.82, 2.24) is 20.4 Å². The quantitative estimate of drug-likeness (QED) is 0.598. The zero-order valence-corrected chi connectivity index (χ0v) is 17.1. The molecule has 0 radical (unpaired) electrons. The summed E-state index contributed by atoms with van der Waals surface area (Å²) in [7, 11) is 1.39. The lowest BCUT2D eigenvalue weighted by Crippen LogP contribution is -2.46. The average Bonchev–Trinajstić information content (AvgIpc) is 3.08. The van der Waals surface area contributed by atoms with Crippen molar-refractivity contribution >= 4 is 34.4 Å². The lowest BCUT2D eigenvalue weighted by Gasteiger charge is -2.22. The fourth-order valence-electron chi connectivity index (χ4n) is 3.11. The highest BCUT2D eigenvalue weighted by Crippen LogP contribution is 2.26. The number of amides is 2. The van der Waals surface area contributed by atoms with Crippen molar-refractivity contribution in [2.45, 2.75) is 19.9 Å². The van der Waals surface area contributed by atoms with Gasteiger partial charge in [0.1, 0.15) is 11.8 Å². The standard InChI is InChI=1S/C20H19ClF2N4O3/c1-10(2)18(27-9-24-15-7-13(22)14(23)8-16(15)27)20(29)26-25-19(28)12-5-4-11(21)6-17(12)30-3/h4-10,18H,1-3H3,(H,25,28)(H,26,29). The number of nitrogens with zero attached hydrogens (tertiary/aromatic N) is 2. The van der Waals surface area contributed by atoms with Gasteiger partial charge in [0.25, 0.3) is 11.8 Å². The maximum atomic E-state index is 13.7. The summed E-state index contributed by atoms with van der Waals surface area (Å²) in [6.45, 7) is 3.56. The molecule has 30 heavy (non-hydrogen) atoms. The number of ether oxygens (including phenoxy) is 1. The first kappa shape index (κ1) is 21.5. The second-order valence-electron chi connectivity index (χ2n) is 6.88. The predicted molar refractivity (Wildman–Crippen MR) is 107 cm³/mol. The molecule has 7 nitrogen and oxygen atoms in total. The highest BCUT2D eigenvalue weighted by molar-refractivity contribution is 6.30. The number of imidazole rings is 1. The number of hydrazine groups is 1. The molecule has 3 aromatic rings. The van der Waals surface area contributed by atoms with Crippen molar-refractivity contribution < 1.29 is 23.1 Å². The minimum atomic E-state index is -1.05. The zero-order valence-electron chi connectivity index (χ0n) is 16.4. The van der Waals surface area contributed by atoms with E-state index in [4.69, 9.17) is 16.3 Å². The molecule has 0 spiro atoms. The van der Waals surface area contributed by atoms with Crippen LogP contribution in [0.1, 0.15) is 30.2 Å². The van der Waals surface area contributed by atoms with Crippen molar-refractivity contribution in [1.29, 1.82) is 0 Å². The third kappa shape index (κ3) is 4.20. The smallest absolute Gasteiger partial charge is 0.273 e. The van der Waals surface area contributed by atoms with E-state index >= 15 is 0 Å². The van der Waals surface area contributed by atoms with Gasteiger partial charge < -0.3 is 9.30 Å². The third-order valence-electron chi connectivity index (χ3n) is 4.52. The maximum absolute atomic E-state index is 13.7. The van der Waals surface area contributed by atoms with E-state index in [9.17, 15) is 18.4 Å². The number of aromatic nitrogens is 2. The van der Waals surface area contributed by atoms with Crippen LogP contribution in [0.3, 0.4) is 0 Å². The molecule has 0 saturated heterocycles. The molecule has 0 bridgehead atoms. The lowest BCUT2D eigenvalue weighted by atomic mass is 10.0. The number of nitrogens with one attached hydrogen (secondary N) is 2. The SMILES string of the molecule is COc1cc(Cl)ccc1C(=O)NNC(=O)C(C(C)C)n1cnc2cc(F)c(F)cc21. The topological polar surface area (TPSA) is 85.3 Å². The molecule has 1 heterocycles. The second-order valence-corrected chi connectivity index (χ2v) is 7.32. The average molecular weight is 437 g/mol. The van der Waals surface area contributed by atoms with E-state index in [0.717, 1.165) is 12.1 Å². The van der Waals surface area contributed by atoms with Crippen LogP contribution in [0.5, 0.6) is 5.75 Å². The minimum absolute atomic E-state index is 0.175. The molecule has 1 aromatic heterocycles. The van der Waals surface area contributed by atoms with E-state index in [2.05, 4.69) is 15.8 Å². The van der Waals surface area contributed by atoms with Crippen molar-refractivity contribution in [2.24, 2.45) is 5.92 Å². The van der Waals surface area contributed by atoms with Crippen LogP contribution in [0.2, 0.25) is 5.02 Å². The summed E-state index contributed by atoms with van der Waals surface area (Å²) >= 11 is 5.89. The molecule has 2 N–H and O–H groups in total. The first-order valence-corrected chi connectivity index (χ1v) is 9.36. The Morgan fingerprint density at radius 2 is 1.83 bits per heavy atom. The number of methoxy groups -OCH3 is 1. The number of carbonyl (C=O) groups is 2. The van der Waals surface area contributed by atoms with Crippen molar-refractivity contribution in [3.05, 3.63) is 58.9 Å². The van der Waals surface area contributed by atoms with Gasteiger partial charge >= 0.3 is 0 Å². The molecule has 0 aliphatic rings. The summed E-state index contributed by atoms with van der Waals surface area (Å²) in [5, 5.41) is 0.392. The fourth-order valence-corrected chi connectivity index (χ4v) is 3.27. The van der Waals surface area contributed by atoms with Gasteiger partial charge in [-0.05, 0) is 24.1 Å². The van der Waals surface area contributed by atoms with Gasteiger partial charge in [0.15, 0.2) is 11.6 Å². The summed E-state index contributed by atoms with van der Waals surface area (Å²) < 4.78 is 33.8. The molecule has 3 rings (SSSR count). The largest absolute Gasteiger partial charge is 0.496 e. The van der Waals surface area contributed by atoms with E-state index in [0.29, 0.717) is 5.02 Å². The van der Waals surface area contributed by atoms with Crippen molar-refractivity contribution in [2.75, 3.05) is 7.11 Å². The van der Waals surface area contributed by atoms with Crippen LogP contribution < -0.4 is 15.6 Å². The number of rotatable bonds is 5. The van der Waals surface area contributed by atoms with Crippen LogP contribution in [0.25, 0.3) is 11.0 Å². The molecule has 1 unspecified atom stereocenters. The van der Waals surface area contributed by atoms with E-state index in [1.807, 2.05) is 0 Å². The summed E-state index contributed by atoms with van der Waals surface area (Å²) in [6.07, 6.45) is 1.33. The summed E-state index contributed by atoms with van der Waals surface area (Å²) in [6, 6.07) is 5.56. The Bertz CT molecular complexity index is 1120.